The first-order chi connectivity index (χ1) is 0. The number of hydrogen-bond acceptors (Lipinski definition) is 0. The van der Waals surface area contributed by atoms with E-state index >= 15 is 0 Å². The molecule has 6 heavy (non-hydrogen) atoms. The second kappa shape index (κ2) is 121. The Morgan fingerprint density at radius 2 is 0.500 bits per heavy atom. The van der Waals surface area contributed by atoms with Crippen molar-refractivity contribution in [1.82, 2.24) is 0 Å². The molecule has 0 aromatic heterocycles. The van der Waals surface area contributed by atoms with Crippen molar-refractivity contribution in [3.8, 4) is 0 Å². The maximum atomic E-state index is 0. The molecular formula is AgO4V-8. The molecule has 0 bridgehead atoms. The van der Waals surface area contributed by atoms with E-state index in [0.29, 0.717) is 0 Å². The summed E-state index contributed by atoms with van der Waals surface area (Å²) in [6.45, 7) is 0. The average Bonchev–Trinajstić information content (AvgIpc) is 0. The summed E-state index contributed by atoms with van der Waals surface area (Å²) in [6, 6.07) is 0. The molecule has 6 heteroatoms. The Hall–Kier alpha value is 1.16. The molecule has 0 heterocycles. The maximum Gasteiger partial charge on any atom is 0 e. The molecule has 0 aromatic carbocycles. The largest absolute Gasteiger partial charge is 2.00 e. The van der Waals surface area contributed by atoms with Crippen LogP contribution in [0.25, 0.3) is 0 Å². The molecule has 0 unspecified atom stereocenters. The SMILES string of the molecule is [Ag].[O-2].[O-2].[O-2].[O-2].[V]. The summed E-state index contributed by atoms with van der Waals surface area (Å²) >= 11 is 0. The van der Waals surface area contributed by atoms with E-state index in [1.165, 1.54) is 0 Å². The van der Waals surface area contributed by atoms with E-state index in [4.69, 9.17) is 0 Å². The third-order valence-corrected chi connectivity index (χ3v) is 0. The summed E-state index contributed by atoms with van der Waals surface area (Å²) in [5, 5.41) is 0. The van der Waals surface area contributed by atoms with Gasteiger partial charge in [-0.2, -0.15) is 0 Å². The molecule has 0 fully saturated rings. The van der Waals surface area contributed by atoms with Gasteiger partial charge >= 0.3 is 0 Å². The van der Waals surface area contributed by atoms with Crippen LogP contribution in [0.1, 0.15) is 0 Å². The Bertz CT molecular complexity index is 7.51. The molecule has 0 aliphatic carbocycles. The van der Waals surface area contributed by atoms with Crippen LogP contribution in [0.15, 0.2) is 0 Å². The van der Waals surface area contributed by atoms with Gasteiger partial charge in [0.05, 0.1) is 0 Å². The van der Waals surface area contributed by atoms with Crippen LogP contribution in [-0.4, -0.2) is 0 Å². The minimum absolute atomic E-state index is 0. The second-order valence-electron chi connectivity index (χ2n) is 0. The Balaban J connectivity index is 0. The fourth-order valence-corrected chi connectivity index (χ4v) is 0. The van der Waals surface area contributed by atoms with E-state index in [0.717, 1.165) is 0 Å². The molecule has 0 amide bonds. The summed E-state index contributed by atoms with van der Waals surface area (Å²) in [4.78, 5) is 0. The summed E-state index contributed by atoms with van der Waals surface area (Å²) in [6.07, 6.45) is 0. The van der Waals surface area contributed by atoms with Crippen molar-refractivity contribution in [2.45, 2.75) is 0 Å². The Morgan fingerprint density at radius 1 is 0.500 bits per heavy atom. The molecule has 0 aliphatic heterocycles. The van der Waals surface area contributed by atoms with Gasteiger partial charge in [-0.3, -0.25) is 0 Å². The zero-order valence-electron chi connectivity index (χ0n) is 2.38. The first-order valence-corrected chi connectivity index (χ1v) is 0. The molecule has 4 nitrogen and oxygen atoms in total. The molecular weight excluding hydrogens is 223 g/mol. The van der Waals surface area contributed by atoms with E-state index in [1.54, 1.807) is 0 Å². The summed E-state index contributed by atoms with van der Waals surface area (Å²) < 4.78 is 0. The zero-order chi connectivity index (χ0) is 0. The van der Waals surface area contributed by atoms with E-state index in [1.807, 2.05) is 0 Å². The van der Waals surface area contributed by atoms with Crippen LogP contribution in [0.3, 0.4) is 0 Å². The van der Waals surface area contributed by atoms with Gasteiger partial charge in [-0.05, 0) is 0 Å². The van der Waals surface area contributed by atoms with Crippen LogP contribution < -0.4 is 0 Å². The quantitative estimate of drug-likeness (QED) is 0.493. The molecule has 0 saturated heterocycles. The standard InChI is InChI=1S/Ag.4O.V/q;4*-2;. The summed E-state index contributed by atoms with van der Waals surface area (Å²) in [5.74, 6) is 0. The van der Waals surface area contributed by atoms with Gasteiger partial charge in [0.2, 0.25) is 0 Å². The Kier molecular flexibility index (Phi) is 4060. The fourth-order valence-electron chi connectivity index (χ4n) is 0. The first kappa shape index (κ1) is 201. The van der Waals surface area contributed by atoms with Crippen molar-refractivity contribution in [3.05, 3.63) is 0 Å². The predicted molar refractivity (Wildman–Crippen MR) is 2.75 cm³/mol. The van der Waals surface area contributed by atoms with Gasteiger partial charge < -0.3 is 21.9 Å². The first-order valence-electron chi connectivity index (χ1n) is 0. The Morgan fingerprint density at radius 3 is 0.500 bits per heavy atom. The van der Waals surface area contributed by atoms with E-state index in [-0.39, 0.29) is 62.8 Å². The molecule has 0 N–H and O–H groups in total. The fraction of sp³-hybridized carbons (Fsp3) is 0. The zero-order valence-corrected chi connectivity index (χ0v) is 5.26. The van der Waals surface area contributed by atoms with Crippen LogP contribution in [0, 0.1) is 0 Å². The number of hydrogen-bond donors (Lipinski definition) is 0. The van der Waals surface area contributed by atoms with Crippen LogP contribution >= 0.6 is 0 Å². The van der Waals surface area contributed by atoms with Gasteiger partial charge in [0, 0.05) is 40.9 Å². The van der Waals surface area contributed by atoms with Crippen molar-refractivity contribution in [2.24, 2.45) is 0 Å². The van der Waals surface area contributed by atoms with E-state index in [9.17, 15) is 0 Å². The third kappa shape index (κ3) is 66.0. The van der Waals surface area contributed by atoms with Crippen LogP contribution in [0.2, 0.25) is 0 Å². The van der Waals surface area contributed by atoms with Gasteiger partial charge in [0.15, 0.2) is 0 Å². The van der Waals surface area contributed by atoms with Crippen LogP contribution in [0.5, 0.6) is 0 Å². The Labute approximate surface area is 62.9 Å². The minimum atomic E-state index is 0. The molecule has 0 saturated carbocycles. The van der Waals surface area contributed by atoms with Crippen LogP contribution in [0.4, 0.5) is 0 Å². The topological polar surface area (TPSA) is 114 Å². The summed E-state index contributed by atoms with van der Waals surface area (Å²) in [7, 11) is 0. The molecule has 0 atom stereocenters. The number of rotatable bonds is 0. The normalized spacial score (nSPS) is 0. The molecule has 0 rings (SSSR count). The minimum Gasteiger partial charge on any atom is -2.00 e. The van der Waals surface area contributed by atoms with E-state index in [2.05, 4.69) is 0 Å². The third-order valence-electron chi connectivity index (χ3n) is 0. The van der Waals surface area contributed by atoms with Gasteiger partial charge in [-0.15, -0.1) is 0 Å². The van der Waals surface area contributed by atoms with Gasteiger partial charge in [0.1, 0.15) is 0 Å². The monoisotopic (exact) mass is 222 g/mol. The second-order valence-corrected chi connectivity index (χ2v) is 0. The van der Waals surface area contributed by atoms with Crippen molar-refractivity contribution in [2.75, 3.05) is 0 Å². The van der Waals surface area contributed by atoms with Crippen molar-refractivity contribution >= 4 is 0 Å². The van der Waals surface area contributed by atoms with E-state index < -0.39 is 0 Å². The van der Waals surface area contributed by atoms with Gasteiger partial charge in [0.25, 0.3) is 0 Å². The van der Waals surface area contributed by atoms with Gasteiger partial charge in [-0.25, -0.2) is 0 Å². The van der Waals surface area contributed by atoms with Crippen molar-refractivity contribution < 1.29 is 62.8 Å². The van der Waals surface area contributed by atoms with Crippen molar-refractivity contribution in [1.29, 1.82) is 0 Å². The van der Waals surface area contributed by atoms with Crippen molar-refractivity contribution in [3.63, 3.8) is 0 Å². The predicted octanol–water partition coefficient (Wildman–Crippen LogP) is -0.480. The molecule has 0 aliphatic rings. The average molecular weight is 223 g/mol. The molecule has 2 radical (unpaired) electrons. The van der Waals surface area contributed by atoms with Crippen LogP contribution in [-0.2, 0) is 62.8 Å². The molecule has 0 spiro atoms. The maximum absolute atomic E-state index is 0. The molecule has 0 aromatic rings. The summed E-state index contributed by atoms with van der Waals surface area (Å²) in [5.41, 5.74) is 0. The smallest absolute Gasteiger partial charge is 0 e. The van der Waals surface area contributed by atoms with Gasteiger partial charge in [-0.1, -0.05) is 0 Å². The molecule has 48 valence electrons.